The summed E-state index contributed by atoms with van der Waals surface area (Å²) in [6.45, 7) is 3.87. The number of aliphatic hydroxyl groups is 1. The largest absolute Gasteiger partial charge is 0.388 e. The summed E-state index contributed by atoms with van der Waals surface area (Å²) in [5.41, 5.74) is 0.884. The first-order valence-corrected chi connectivity index (χ1v) is 8.50. The molecule has 4 heteroatoms. The Kier molecular flexibility index (Phi) is 6.16. The number of hydrogen-bond donors (Lipinski definition) is 2. The Morgan fingerprint density at radius 1 is 1.18 bits per heavy atom. The molecule has 3 atom stereocenters. The fraction of sp³-hybridized carbons (Fsp3) is 0.389. The number of rotatable bonds is 7. The lowest BCUT2D eigenvalue weighted by Gasteiger charge is -2.20. The van der Waals surface area contributed by atoms with E-state index in [1.807, 2.05) is 55.6 Å². The van der Waals surface area contributed by atoms with E-state index in [0.717, 1.165) is 12.0 Å². The van der Waals surface area contributed by atoms with Gasteiger partial charge in [0.25, 0.3) is 0 Å². The summed E-state index contributed by atoms with van der Waals surface area (Å²) in [6.07, 6.45) is 0.725. The Bertz CT molecular complexity index is 568. The Morgan fingerprint density at radius 2 is 1.91 bits per heavy atom. The van der Waals surface area contributed by atoms with Crippen LogP contribution < -0.4 is 5.32 Å². The SMILES string of the molecule is CC(CC(O)c1ccccc1)NC(=O)C(C)Cc1cccs1. The van der Waals surface area contributed by atoms with E-state index in [0.29, 0.717) is 6.42 Å². The summed E-state index contributed by atoms with van der Waals surface area (Å²) < 4.78 is 0. The van der Waals surface area contributed by atoms with Crippen LogP contribution in [0.1, 0.15) is 36.8 Å². The molecular formula is C18H23NO2S. The van der Waals surface area contributed by atoms with E-state index < -0.39 is 6.10 Å². The summed E-state index contributed by atoms with van der Waals surface area (Å²) in [6, 6.07) is 13.5. The van der Waals surface area contributed by atoms with E-state index in [1.165, 1.54) is 4.88 Å². The predicted octanol–water partition coefficient (Wildman–Crippen LogP) is 3.56. The summed E-state index contributed by atoms with van der Waals surface area (Å²) in [5, 5.41) is 15.2. The third kappa shape index (κ3) is 4.97. The van der Waals surface area contributed by atoms with Crippen LogP contribution in [0.15, 0.2) is 47.8 Å². The molecule has 2 aromatic rings. The molecule has 0 aliphatic heterocycles. The van der Waals surface area contributed by atoms with Gasteiger partial charge in [-0.05, 0) is 36.8 Å². The van der Waals surface area contributed by atoms with Crippen LogP contribution >= 0.6 is 11.3 Å². The first-order valence-electron chi connectivity index (χ1n) is 7.62. The van der Waals surface area contributed by atoms with E-state index in [4.69, 9.17) is 0 Å². The van der Waals surface area contributed by atoms with Crippen molar-refractivity contribution >= 4 is 17.2 Å². The van der Waals surface area contributed by atoms with E-state index in [1.54, 1.807) is 11.3 Å². The van der Waals surface area contributed by atoms with Crippen LogP contribution in [0.4, 0.5) is 0 Å². The molecule has 3 nitrogen and oxygen atoms in total. The van der Waals surface area contributed by atoms with Crippen LogP contribution in [0.25, 0.3) is 0 Å². The number of benzene rings is 1. The highest BCUT2D eigenvalue weighted by atomic mass is 32.1. The first-order chi connectivity index (χ1) is 10.6. The highest BCUT2D eigenvalue weighted by molar-refractivity contribution is 7.09. The van der Waals surface area contributed by atoms with Gasteiger partial charge in [-0.15, -0.1) is 11.3 Å². The molecule has 0 spiro atoms. The molecule has 0 aliphatic carbocycles. The van der Waals surface area contributed by atoms with Gasteiger partial charge in [0.05, 0.1) is 6.10 Å². The fourth-order valence-electron chi connectivity index (χ4n) is 2.41. The Labute approximate surface area is 136 Å². The van der Waals surface area contributed by atoms with Gasteiger partial charge in [0.1, 0.15) is 0 Å². The Morgan fingerprint density at radius 3 is 2.55 bits per heavy atom. The zero-order valence-corrected chi connectivity index (χ0v) is 13.8. The van der Waals surface area contributed by atoms with Crippen LogP contribution in [0.2, 0.25) is 0 Å². The second kappa shape index (κ2) is 8.11. The van der Waals surface area contributed by atoms with Gasteiger partial charge >= 0.3 is 0 Å². The molecule has 1 aromatic heterocycles. The molecule has 118 valence electrons. The van der Waals surface area contributed by atoms with Crippen molar-refractivity contribution in [3.8, 4) is 0 Å². The zero-order valence-electron chi connectivity index (χ0n) is 13.0. The van der Waals surface area contributed by atoms with Crippen molar-refractivity contribution in [2.75, 3.05) is 0 Å². The minimum absolute atomic E-state index is 0.0427. The molecule has 3 unspecified atom stereocenters. The van der Waals surface area contributed by atoms with Crippen molar-refractivity contribution in [3.63, 3.8) is 0 Å². The standard InChI is InChI=1S/C18H23NO2S/c1-13(11-16-9-6-10-22-16)18(21)19-14(2)12-17(20)15-7-4-3-5-8-15/h3-10,13-14,17,20H,11-12H2,1-2H3,(H,19,21). The zero-order chi connectivity index (χ0) is 15.9. The lowest BCUT2D eigenvalue weighted by atomic mass is 10.0. The van der Waals surface area contributed by atoms with Crippen molar-refractivity contribution in [1.82, 2.24) is 5.32 Å². The molecular weight excluding hydrogens is 294 g/mol. The summed E-state index contributed by atoms with van der Waals surface area (Å²) in [5.74, 6) is -0.0175. The number of amides is 1. The van der Waals surface area contributed by atoms with Crippen LogP contribution in [-0.2, 0) is 11.2 Å². The number of aliphatic hydroxyl groups excluding tert-OH is 1. The van der Waals surface area contributed by atoms with Crippen molar-refractivity contribution < 1.29 is 9.90 Å². The third-order valence-electron chi connectivity index (χ3n) is 3.68. The summed E-state index contributed by atoms with van der Waals surface area (Å²) in [7, 11) is 0. The van der Waals surface area contributed by atoms with Gasteiger partial charge in [-0.2, -0.15) is 0 Å². The van der Waals surface area contributed by atoms with E-state index in [-0.39, 0.29) is 17.9 Å². The molecule has 1 amide bonds. The van der Waals surface area contributed by atoms with E-state index in [9.17, 15) is 9.90 Å². The first kappa shape index (κ1) is 16.7. The smallest absolute Gasteiger partial charge is 0.223 e. The third-order valence-corrected chi connectivity index (χ3v) is 4.58. The summed E-state index contributed by atoms with van der Waals surface area (Å²) in [4.78, 5) is 13.4. The number of thiophene rings is 1. The quantitative estimate of drug-likeness (QED) is 0.820. The van der Waals surface area contributed by atoms with Gasteiger partial charge in [-0.1, -0.05) is 43.3 Å². The minimum atomic E-state index is -0.552. The molecule has 0 saturated carbocycles. The molecule has 0 saturated heterocycles. The predicted molar refractivity (Wildman–Crippen MR) is 90.8 cm³/mol. The number of hydrogen-bond acceptors (Lipinski definition) is 3. The molecule has 1 heterocycles. The lowest BCUT2D eigenvalue weighted by molar-refractivity contribution is -0.125. The average molecular weight is 317 g/mol. The molecule has 22 heavy (non-hydrogen) atoms. The van der Waals surface area contributed by atoms with Gasteiger partial charge < -0.3 is 10.4 Å². The number of nitrogens with one attached hydrogen (secondary N) is 1. The van der Waals surface area contributed by atoms with Gasteiger partial charge in [0.2, 0.25) is 5.91 Å². The van der Waals surface area contributed by atoms with Crippen LogP contribution in [0.3, 0.4) is 0 Å². The van der Waals surface area contributed by atoms with Gasteiger partial charge in [-0.3, -0.25) is 4.79 Å². The lowest BCUT2D eigenvalue weighted by Crippen LogP contribution is -2.37. The van der Waals surface area contributed by atoms with Crippen LogP contribution in [-0.4, -0.2) is 17.1 Å². The van der Waals surface area contributed by atoms with Crippen molar-refractivity contribution in [1.29, 1.82) is 0 Å². The molecule has 2 N–H and O–H groups in total. The maximum absolute atomic E-state index is 12.2. The highest BCUT2D eigenvalue weighted by Crippen LogP contribution is 2.18. The normalized spacial score (nSPS) is 15.0. The number of carbonyl (C=O) groups is 1. The highest BCUT2D eigenvalue weighted by Gasteiger charge is 2.18. The van der Waals surface area contributed by atoms with E-state index >= 15 is 0 Å². The van der Waals surface area contributed by atoms with Gasteiger partial charge in [0, 0.05) is 16.8 Å². The molecule has 0 radical (unpaired) electrons. The fourth-order valence-corrected chi connectivity index (χ4v) is 3.25. The molecule has 0 bridgehead atoms. The maximum atomic E-state index is 12.2. The minimum Gasteiger partial charge on any atom is -0.388 e. The van der Waals surface area contributed by atoms with Crippen LogP contribution in [0, 0.1) is 5.92 Å². The van der Waals surface area contributed by atoms with Crippen molar-refractivity contribution in [2.24, 2.45) is 5.92 Å². The monoisotopic (exact) mass is 317 g/mol. The van der Waals surface area contributed by atoms with Gasteiger partial charge in [-0.25, -0.2) is 0 Å². The van der Waals surface area contributed by atoms with Crippen LogP contribution in [0.5, 0.6) is 0 Å². The number of carbonyl (C=O) groups excluding carboxylic acids is 1. The van der Waals surface area contributed by atoms with E-state index in [2.05, 4.69) is 11.4 Å². The van der Waals surface area contributed by atoms with Crippen molar-refractivity contribution in [2.45, 2.75) is 38.8 Å². The molecule has 0 fully saturated rings. The topological polar surface area (TPSA) is 49.3 Å². The Hall–Kier alpha value is -1.65. The molecule has 1 aromatic carbocycles. The maximum Gasteiger partial charge on any atom is 0.223 e. The average Bonchev–Trinajstić information content (AvgIpc) is 3.00. The van der Waals surface area contributed by atoms with Crippen molar-refractivity contribution in [3.05, 3.63) is 58.3 Å². The second-order valence-electron chi connectivity index (χ2n) is 5.76. The summed E-state index contributed by atoms with van der Waals surface area (Å²) >= 11 is 1.68. The molecule has 0 aliphatic rings. The molecule has 2 rings (SSSR count). The second-order valence-corrected chi connectivity index (χ2v) is 6.79. The van der Waals surface area contributed by atoms with Gasteiger partial charge in [0.15, 0.2) is 0 Å². The Balaban J connectivity index is 1.80.